The summed E-state index contributed by atoms with van der Waals surface area (Å²) in [4.78, 5) is 1.16. The second-order valence-electron chi connectivity index (χ2n) is 3.86. The molecule has 0 aliphatic rings. The normalized spacial score (nSPS) is 11.5. The Balaban J connectivity index is 2.19. The van der Waals surface area contributed by atoms with E-state index < -0.39 is 0 Å². The van der Waals surface area contributed by atoms with Crippen LogP contribution < -0.4 is 5.73 Å². The molecule has 0 saturated carbocycles. The Labute approximate surface area is 124 Å². The predicted molar refractivity (Wildman–Crippen MR) is 82.7 cm³/mol. The summed E-state index contributed by atoms with van der Waals surface area (Å²) >= 11 is 5.22. The molecule has 19 heavy (non-hydrogen) atoms. The van der Waals surface area contributed by atoms with Crippen LogP contribution in [0.3, 0.4) is 0 Å². The zero-order valence-electron chi connectivity index (χ0n) is 10.1. The number of nitrogens with two attached hydrogens (primary N) is 1. The van der Waals surface area contributed by atoms with E-state index in [-0.39, 0.29) is 5.84 Å². The Morgan fingerprint density at radius 1 is 1.16 bits per heavy atom. The molecule has 3 N–H and O–H groups in total. The number of nitrogens with zero attached hydrogens (tertiary/aromatic N) is 1. The SMILES string of the molecule is N/C(=N\O)c1ccccc1CSc1ccccc1Br. The zero-order valence-corrected chi connectivity index (χ0v) is 12.5. The molecule has 98 valence electrons. The van der Waals surface area contributed by atoms with Crippen LogP contribution in [0.4, 0.5) is 0 Å². The first-order valence-corrected chi connectivity index (χ1v) is 7.43. The molecule has 0 aromatic heterocycles. The summed E-state index contributed by atoms with van der Waals surface area (Å²) in [5.74, 6) is 0.901. The molecule has 0 unspecified atom stereocenters. The van der Waals surface area contributed by atoms with Gasteiger partial charge < -0.3 is 10.9 Å². The highest BCUT2D eigenvalue weighted by atomic mass is 79.9. The summed E-state index contributed by atoms with van der Waals surface area (Å²) in [5.41, 5.74) is 7.48. The third kappa shape index (κ3) is 3.52. The number of thioether (sulfide) groups is 1. The molecular formula is C14H13BrN2OS. The van der Waals surface area contributed by atoms with Crippen LogP contribution in [0, 0.1) is 0 Å². The van der Waals surface area contributed by atoms with Gasteiger partial charge in [-0.2, -0.15) is 0 Å². The van der Waals surface area contributed by atoms with Gasteiger partial charge in [-0.25, -0.2) is 0 Å². The topological polar surface area (TPSA) is 58.6 Å². The number of halogens is 1. The molecule has 2 aromatic carbocycles. The van der Waals surface area contributed by atoms with E-state index in [1.807, 2.05) is 42.5 Å². The van der Waals surface area contributed by atoms with E-state index >= 15 is 0 Å². The minimum absolute atomic E-state index is 0.142. The molecule has 0 bridgehead atoms. The van der Waals surface area contributed by atoms with E-state index in [1.54, 1.807) is 11.8 Å². The highest BCUT2D eigenvalue weighted by Gasteiger charge is 2.07. The lowest BCUT2D eigenvalue weighted by Crippen LogP contribution is -2.15. The van der Waals surface area contributed by atoms with Gasteiger partial charge in [0.05, 0.1) is 0 Å². The van der Waals surface area contributed by atoms with Gasteiger partial charge in [0.15, 0.2) is 5.84 Å². The summed E-state index contributed by atoms with van der Waals surface area (Å²) in [5, 5.41) is 11.9. The van der Waals surface area contributed by atoms with E-state index in [0.29, 0.717) is 0 Å². The van der Waals surface area contributed by atoms with Gasteiger partial charge in [0.1, 0.15) is 0 Å². The maximum absolute atomic E-state index is 8.79. The molecule has 0 heterocycles. The number of hydrogen-bond donors (Lipinski definition) is 2. The van der Waals surface area contributed by atoms with Crippen molar-refractivity contribution >= 4 is 33.5 Å². The number of hydrogen-bond acceptors (Lipinski definition) is 3. The van der Waals surface area contributed by atoms with E-state index in [2.05, 4.69) is 27.2 Å². The number of rotatable bonds is 4. The summed E-state index contributed by atoms with van der Waals surface area (Å²) in [6, 6.07) is 15.7. The first-order chi connectivity index (χ1) is 9.22. The molecule has 2 rings (SSSR count). The third-order valence-electron chi connectivity index (χ3n) is 2.62. The second-order valence-corrected chi connectivity index (χ2v) is 5.73. The minimum Gasteiger partial charge on any atom is -0.409 e. The largest absolute Gasteiger partial charge is 0.409 e. The van der Waals surface area contributed by atoms with Crippen LogP contribution in [0.2, 0.25) is 0 Å². The minimum atomic E-state index is 0.142. The van der Waals surface area contributed by atoms with Crippen molar-refractivity contribution < 1.29 is 5.21 Å². The van der Waals surface area contributed by atoms with Crippen LogP contribution in [0.15, 0.2) is 63.1 Å². The number of amidine groups is 1. The summed E-state index contributed by atoms with van der Waals surface area (Å²) < 4.78 is 1.07. The Hall–Kier alpha value is -1.46. The first kappa shape index (κ1) is 14.0. The zero-order chi connectivity index (χ0) is 13.7. The Bertz CT molecular complexity index is 602. The molecule has 0 radical (unpaired) electrons. The third-order valence-corrected chi connectivity index (χ3v) is 4.70. The van der Waals surface area contributed by atoms with Crippen molar-refractivity contribution in [1.82, 2.24) is 0 Å². The van der Waals surface area contributed by atoms with Gasteiger partial charge in [-0.05, 0) is 33.6 Å². The fourth-order valence-corrected chi connectivity index (χ4v) is 3.24. The molecule has 3 nitrogen and oxygen atoms in total. The van der Waals surface area contributed by atoms with Gasteiger partial charge in [-0.3, -0.25) is 0 Å². The van der Waals surface area contributed by atoms with Crippen molar-refractivity contribution in [2.45, 2.75) is 10.6 Å². The molecule has 0 saturated heterocycles. The van der Waals surface area contributed by atoms with Gasteiger partial charge in [0.2, 0.25) is 0 Å². The smallest absolute Gasteiger partial charge is 0.170 e. The maximum Gasteiger partial charge on any atom is 0.170 e. The van der Waals surface area contributed by atoms with Gasteiger partial charge in [0.25, 0.3) is 0 Å². The van der Waals surface area contributed by atoms with Crippen molar-refractivity contribution in [1.29, 1.82) is 0 Å². The molecule has 0 spiro atoms. The molecule has 5 heteroatoms. The van der Waals surface area contributed by atoms with Crippen molar-refractivity contribution in [3.05, 3.63) is 64.1 Å². The molecule has 0 amide bonds. The second kappa shape index (κ2) is 6.63. The van der Waals surface area contributed by atoms with Crippen LogP contribution in [-0.4, -0.2) is 11.0 Å². The van der Waals surface area contributed by atoms with Crippen molar-refractivity contribution in [2.75, 3.05) is 0 Å². The highest BCUT2D eigenvalue weighted by molar-refractivity contribution is 9.10. The van der Waals surface area contributed by atoms with Gasteiger partial charge in [-0.1, -0.05) is 41.6 Å². The van der Waals surface area contributed by atoms with Crippen LogP contribution in [-0.2, 0) is 5.75 Å². The summed E-state index contributed by atoms with van der Waals surface area (Å²) in [7, 11) is 0. The van der Waals surface area contributed by atoms with Crippen LogP contribution in [0.25, 0.3) is 0 Å². The number of oxime groups is 1. The average molecular weight is 337 g/mol. The summed E-state index contributed by atoms with van der Waals surface area (Å²) in [6.45, 7) is 0. The Kier molecular flexibility index (Phi) is 4.87. The van der Waals surface area contributed by atoms with Crippen molar-refractivity contribution in [3.8, 4) is 0 Å². The van der Waals surface area contributed by atoms with E-state index in [0.717, 1.165) is 26.2 Å². The lowest BCUT2D eigenvalue weighted by molar-refractivity contribution is 0.318. The molecule has 2 aromatic rings. The standard InChI is InChI=1S/C14H13BrN2OS/c15-12-7-3-4-8-13(12)19-9-10-5-1-2-6-11(10)14(16)17-18/h1-8,18H,9H2,(H2,16,17). The van der Waals surface area contributed by atoms with Crippen molar-refractivity contribution in [2.24, 2.45) is 10.9 Å². The quantitative estimate of drug-likeness (QED) is 0.293. The number of benzene rings is 2. The Morgan fingerprint density at radius 2 is 1.84 bits per heavy atom. The van der Waals surface area contributed by atoms with Gasteiger partial charge >= 0.3 is 0 Å². The van der Waals surface area contributed by atoms with Crippen LogP contribution >= 0.6 is 27.7 Å². The molecule has 0 atom stereocenters. The maximum atomic E-state index is 8.79. The lowest BCUT2D eigenvalue weighted by Gasteiger charge is -2.08. The fourth-order valence-electron chi connectivity index (χ4n) is 1.67. The highest BCUT2D eigenvalue weighted by Crippen LogP contribution is 2.30. The van der Waals surface area contributed by atoms with E-state index in [1.165, 1.54) is 0 Å². The fraction of sp³-hybridized carbons (Fsp3) is 0.0714. The van der Waals surface area contributed by atoms with Crippen LogP contribution in [0.5, 0.6) is 0 Å². The van der Waals surface area contributed by atoms with Gasteiger partial charge in [0, 0.05) is 20.7 Å². The molecular weight excluding hydrogens is 324 g/mol. The van der Waals surface area contributed by atoms with Crippen LogP contribution in [0.1, 0.15) is 11.1 Å². The lowest BCUT2D eigenvalue weighted by atomic mass is 10.1. The van der Waals surface area contributed by atoms with Gasteiger partial charge in [-0.15, -0.1) is 11.8 Å². The predicted octanol–water partition coefficient (Wildman–Crippen LogP) is 3.84. The van der Waals surface area contributed by atoms with Crippen molar-refractivity contribution in [3.63, 3.8) is 0 Å². The molecule has 0 fully saturated rings. The first-order valence-electron chi connectivity index (χ1n) is 5.65. The molecule has 0 aliphatic carbocycles. The van der Waals surface area contributed by atoms with E-state index in [4.69, 9.17) is 10.9 Å². The molecule has 0 aliphatic heterocycles. The average Bonchev–Trinajstić information content (AvgIpc) is 2.46. The summed E-state index contributed by atoms with van der Waals surface area (Å²) in [6.07, 6.45) is 0. The Morgan fingerprint density at radius 3 is 2.58 bits per heavy atom. The monoisotopic (exact) mass is 336 g/mol. The van der Waals surface area contributed by atoms with E-state index in [9.17, 15) is 0 Å².